The fourth-order valence-electron chi connectivity index (χ4n) is 5.06. The minimum absolute atomic E-state index is 0.122. The van der Waals surface area contributed by atoms with Crippen LogP contribution in [0, 0.1) is 0 Å². The van der Waals surface area contributed by atoms with Gasteiger partial charge in [0, 0.05) is 34.6 Å². The Hall–Kier alpha value is -2.44. The quantitative estimate of drug-likeness (QED) is 0.345. The molecular weight excluding hydrogens is 428 g/mol. The number of rotatable bonds is 8. The molecule has 0 bridgehead atoms. The van der Waals surface area contributed by atoms with Crippen LogP contribution in [0.2, 0.25) is 0 Å². The summed E-state index contributed by atoms with van der Waals surface area (Å²) in [6.45, 7) is 8.99. The number of para-hydroxylation sites is 1. The zero-order valence-corrected chi connectivity index (χ0v) is 20.8. The monoisotopic (exact) mass is 464 g/mol. The molecule has 6 heteroatoms. The average Bonchev–Trinajstić information content (AvgIpc) is 3.27. The maximum absolute atomic E-state index is 13.1. The van der Waals surface area contributed by atoms with Gasteiger partial charge in [-0.3, -0.25) is 0 Å². The van der Waals surface area contributed by atoms with Crippen LogP contribution in [-0.2, 0) is 0 Å². The summed E-state index contributed by atoms with van der Waals surface area (Å²) in [5.41, 5.74) is 4.23. The first-order chi connectivity index (χ1) is 16.1. The summed E-state index contributed by atoms with van der Waals surface area (Å²) in [4.78, 5) is 19.2. The van der Waals surface area contributed by atoms with Gasteiger partial charge in [0.25, 0.3) is 0 Å². The molecule has 2 N–H and O–H groups in total. The third-order valence-corrected chi connectivity index (χ3v) is 7.72. The molecule has 4 rings (SSSR count). The third-order valence-electron chi connectivity index (χ3n) is 6.83. The van der Waals surface area contributed by atoms with E-state index in [1.54, 1.807) is 4.31 Å². The van der Waals surface area contributed by atoms with Crippen molar-refractivity contribution in [3.8, 4) is 0 Å². The predicted molar refractivity (Wildman–Crippen MR) is 142 cm³/mol. The van der Waals surface area contributed by atoms with Crippen molar-refractivity contribution in [3.05, 3.63) is 60.3 Å². The summed E-state index contributed by atoms with van der Waals surface area (Å²) in [5, 5.41) is 4.34. The molecule has 1 saturated heterocycles. The Balaban J connectivity index is 1.49. The highest BCUT2D eigenvalue weighted by atomic mass is 32.2. The standard InChI is InChI=1S/C27H36N4OS/c1-4-22(5-2)30-16-14-20(15-17-30)25-19-28-26-13-12-21(18-24(25)26)29-27(32)31(33-6-3)23-10-8-7-9-11-23/h7-13,18-20,22,28H,4-6,14-17H2,1-3H3,(H,29,32). The molecular formula is C27H36N4OS. The van der Waals surface area contributed by atoms with Gasteiger partial charge < -0.3 is 15.2 Å². The van der Waals surface area contributed by atoms with Crippen molar-refractivity contribution in [1.82, 2.24) is 9.88 Å². The molecule has 0 aliphatic carbocycles. The normalized spacial score (nSPS) is 15.3. The number of likely N-dealkylation sites (tertiary alicyclic amines) is 1. The molecule has 3 aromatic rings. The molecule has 176 valence electrons. The van der Waals surface area contributed by atoms with E-state index in [1.165, 1.54) is 61.7 Å². The smallest absolute Gasteiger partial charge is 0.336 e. The Kier molecular flexibility index (Phi) is 7.99. The number of hydrogen-bond acceptors (Lipinski definition) is 3. The second-order valence-corrected chi connectivity index (χ2v) is 9.96. The van der Waals surface area contributed by atoms with E-state index in [9.17, 15) is 4.79 Å². The number of aromatic amines is 1. The van der Waals surface area contributed by atoms with Gasteiger partial charge in [0.15, 0.2) is 0 Å². The van der Waals surface area contributed by atoms with Gasteiger partial charge in [-0.2, -0.15) is 0 Å². The maximum atomic E-state index is 13.1. The summed E-state index contributed by atoms with van der Waals surface area (Å²) < 4.78 is 1.73. The van der Waals surface area contributed by atoms with Crippen molar-refractivity contribution in [2.45, 2.75) is 58.4 Å². The number of nitrogens with one attached hydrogen (secondary N) is 2. The summed E-state index contributed by atoms with van der Waals surface area (Å²) in [6.07, 6.45) is 7.02. The fourth-order valence-corrected chi connectivity index (χ4v) is 5.75. The van der Waals surface area contributed by atoms with Crippen molar-refractivity contribution >= 4 is 40.3 Å². The van der Waals surface area contributed by atoms with E-state index in [0.717, 1.165) is 22.6 Å². The Labute approximate surface area is 202 Å². The number of nitrogens with zero attached hydrogens (tertiary/aromatic N) is 2. The SMILES string of the molecule is CCSN(C(=O)Nc1ccc2[nH]cc(C3CCN(C(CC)CC)CC3)c2c1)c1ccccc1. The van der Waals surface area contributed by atoms with E-state index in [2.05, 4.69) is 54.3 Å². The summed E-state index contributed by atoms with van der Waals surface area (Å²) in [6, 6.07) is 16.6. The number of benzene rings is 2. The van der Waals surface area contributed by atoms with Gasteiger partial charge in [-0.25, -0.2) is 9.10 Å². The van der Waals surface area contributed by atoms with E-state index in [1.807, 2.05) is 36.4 Å². The predicted octanol–water partition coefficient (Wildman–Crippen LogP) is 7.24. The number of urea groups is 1. The zero-order chi connectivity index (χ0) is 23.2. The largest absolute Gasteiger partial charge is 0.361 e. The molecule has 1 aromatic heterocycles. The minimum atomic E-state index is -0.122. The summed E-state index contributed by atoms with van der Waals surface area (Å²) >= 11 is 1.50. The average molecular weight is 465 g/mol. The van der Waals surface area contributed by atoms with Gasteiger partial charge in [-0.05, 0) is 92.5 Å². The van der Waals surface area contributed by atoms with Crippen LogP contribution in [0.1, 0.15) is 57.9 Å². The molecule has 0 radical (unpaired) electrons. The van der Waals surface area contributed by atoms with E-state index in [4.69, 9.17) is 0 Å². The third kappa shape index (κ3) is 5.39. The van der Waals surface area contributed by atoms with Gasteiger partial charge in [0.05, 0.1) is 5.69 Å². The van der Waals surface area contributed by atoms with E-state index in [0.29, 0.717) is 12.0 Å². The molecule has 0 saturated carbocycles. The number of hydrogen-bond donors (Lipinski definition) is 2. The van der Waals surface area contributed by atoms with Gasteiger partial charge in [0.1, 0.15) is 0 Å². The summed E-state index contributed by atoms with van der Waals surface area (Å²) in [5.74, 6) is 1.38. The van der Waals surface area contributed by atoms with Gasteiger partial charge in [0.2, 0.25) is 0 Å². The molecule has 0 atom stereocenters. The zero-order valence-electron chi connectivity index (χ0n) is 20.0. The Morgan fingerprint density at radius 1 is 1.12 bits per heavy atom. The minimum Gasteiger partial charge on any atom is -0.361 e. The van der Waals surface area contributed by atoms with E-state index >= 15 is 0 Å². The van der Waals surface area contributed by atoms with Crippen molar-refractivity contribution in [2.75, 3.05) is 28.5 Å². The van der Waals surface area contributed by atoms with E-state index in [-0.39, 0.29) is 6.03 Å². The summed E-state index contributed by atoms with van der Waals surface area (Å²) in [7, 11) is 0. The van der Waals surface area contributed by atoms with Gasteiger partial charge >= 0.3 is 6.03 Å². The van der Waals surface area contributed by atoms with Gasteiger partial charge in [-0.15, -0.1) is 0 Å². The molecule has 2 aromatic carbocycles. The van der Waals surface area contributed by atoms with Crippen LogP contribution < -0.4 is 9.62 Å². The highest BCUT2D eigenvalue weighted by Gasteiger charge is 2.26. The topological polar surface area (TPSA) is 51.4 Å². The van der Waals surface area contributed by atoms with Crippen molar-refractivity contribution in [1.29, 1.82) is 0 Å². The lowest BCUT2D eigenvalue weighted by Gasteiger charge is -2.37. The van der Waals surface area contributed by atoms with Crippen LogP contribution in [0.4, 0.5) is 16.2 Å². The van der Waals surface area contributed by atoms with Crippen LogP contribution in [0.25, 0.3) is 10.9 Å². The number of carbonyl (C=O) groups excluding carboxylic acids is 1. The number of carbonyl (C=O) groups is 1. The van der Waals surface area contributed by atoms with Crippen LogP contribution in [0.3, 0.4) is 0 Å². The first-order valence-corrected chi connectivity index (χ1v) is 13.2. The lowest BCUT2D eigenvalue weighted by Crippen LogP contribution is -2.40. The van der Waals surface area contributed by atoms with Crippen LogP contribution in [0.5, 0.6) is 0 Å². The molecule has 1 fully saturated rings. The number of fused-ring (bicyclic) bond motifs is 1. The molecule has 1 aliphatic heterocycles. The Morgan fingerprint density at radius 3 is 2.52 bits per heavy atom. The highest BCUT2D eigenvalue weighted by Crippen LogP contribution is 2.35. The lowest BCUT2D eigenvalue weighted by molar-refractivity contribution is 0.144. The molecule has 2 amide bonds. The highest BCUT2D eigenvalue weighted by molar-refractivity contribution is 8.01. The second kappa shape index (κ2) is 11.1. The second-order valence-electron chi connectivity index (χ2n) is 8.76. The first-order valence-electron chi connectivity index (χ1n) is 12.3. The van der Waals surface area contributed by atoms with Crippen molar-refractivity contribution in [2.24, 2.45) is 0 Å². The Bertz CT molecular complexity index is 1040. The van der Waals surface area contributed by atoms with Gasteiger partial charge in [-0.1, -0.05) is 39.0 Å². The molecule has 2 heterocycles. The number of piperidine rings is 1. The number of aromatic nitrogens is 1. The Morgan fingerprint density at radius 2 is 1.85 bits per heavy atom. The lowest BCUT2D eigenvalue weighted by atomic mass is 9.88. The molecule has 5 nitrogen and oxygen atoms in total. The molecule has 0 spiro atoms. The fraction of sp³-hybridized carbons (Fsp3) is 0.444. The number of H-pyrrole nitrogens is 1. The maximum Gasteiger partial charge on any atom is 0.336 e. The molecule has 33 heavy (non-hydrogen) atoms. The first kappa shape index (κ1) is 23.7. The number of amides is 2. The van der Waals surface area contributed by atoms with Crippen molar-refractivity contribution < 1.29 is 4.79 Å². The number of anilines is 2. The van der Waals surface area contributed by atoms with Crippen molar-refractivity contribution in [3.63, 3.8) is 0 Å². The van der Waals surface area contributed by atoms with Crippen LogP contribution in [0.15, 0.2) is 54.7 Å². The van der Waals surface area contributed by atoms with Crippen LogP contribution >= 0.6 is 11.9 Å². The van der Waals surface area contributed by atoms with Crippen LogP contribution in [-0.4, -0.2) is 40.8 Å². The molecule has 1 aliphatic rings. The molecule has 0 unspecified atom stereocenters. The van der Waals surface area contributed by atoms with E-state index < -0.39 is 0 Å².